The van der Waals surface area contributed by atoms with Gasteiger partial charge in [-0.2, -0.15) is 0 Å². The van der Waals surface area contributed by atoms with E-state index in [0.29, 0.717) is 27.6 Å². The summed E-state index contributed by atoms with van der Waals surface area (Å²) in [5.41, 5.74) is 9.73. The van der Waals surface area contributed by atoms with E-state index >= 15 is 0 Å². The molecule has 0 saturated heterocycles. The van der Waals surface area contributed by atoms with E-state index in [4.69, 9.17) is 15.2 Å². The molecule has 0 aliphatic heterocycles. The van der Waals surface area contributed by atoms with Crippen LogP contribution in [0.25, 0.3) is 22.1 Å². The highest BCUT2D eigenvalue weighted by Crippen LogP contribution is 2.29. The zero-order chi connectivity index (χ0) is 21.4. The molecular formula is C22H21N3O4S. The van der Waals surface area contributed by atoms with Gasteiger partial charge in [-0.05, 0) is 61.7 Å². The first-order valence-corrected chi connectivity index (χ1v) is 10.3. The molecule has 0 aliphatic carbocycles. The molecule has 0 bridgehead atoms. The summed E-state index contributed by atoms with van der Waals surface area (Å²) < 4.78 is 13.2. The molecular weight excluding hydrogens is 402 g/mol. The van der Waals surface area contributed by atoms with Crippen molar-refractivity contribution in [1.29, 1.82) is 0 Å². The molecule has 2 N–H and O–H groups in total. The monoisotopic (exact) mass is 423 g/mol. The third kappa shape index (κ3) is 3.50. The van der Waals surface area contributed by atoms with Gasteiger partial charge in [0, 0.05) is 0 Å². The molecule has 0 atom stereocenters. The maximum Gasteiger partial charge on any atom is 0.274 e. The van der Waals surface area contributed by atoms with Crippen LogP contribution in [0.2, 0.25) is 0 Å². The van der Waals surface area contributed by atoms with E-state index in [1.807, 2.05) is 32.9 Å². The molecule has 0 unspecified atom stereocenters. The number of carbonyl (C=O) groups excluding carboxylic acids is 1. The highest BCUT2D eigenvalue weighted by molar-refractivity contribution is 7.15. The van der Waals surface area contributed by atoms with E-state index in [9.17, 15) is 9.59 Å². The number of fused-ring (bicyclic) bond motifs is 3. The van der Waals surface area contributed by atoms with Crippen molar-refractivity contribution in [2.45, 2.75) is 20.8 Å². The van der Waals surface area contributed by atoms with Gasteiger partial charge in [0.25, 0.3) is 11.5 Å². The molecule has 0 fully saturated rings. The second-order valence-electron chi connectivity index (χ2n) is 6.91. The van der Waals surface area contributed by atoms with Crippen molar-refractivity contribution in [3.63, 3.8) is 0 Å². The summed E-state index contributed by atoms with van der Waals surface area (Å²) in [6, 6.07) is 9.21. The molecule has 0 radical (unpaired) electrons. The highest BCUT2D eigenvalue weighted by atomic mass is 32.1. The summed E-state index contributed by atoms with van der Waals surface area (Å²) in [7, 11) is 0. The zero-order valence-corrected chi connectivity index (χ0v) is 17.7. The van der Waals surface area contributed by atoms with E-state index in [0.717, 1.165) is 27.7 Å². The van der Waals surface area contributed by atoms with Crippen molar-refractivity contribution in [3.8, 4) is 11.5 Å². The van der Waals surface area contributed by atoms with Crippen molar-refractivity contribution < 1.29 is 14.3 Å². The fourth-order valence-corrected chi connectivity index (χ4v) is 4.25. The summed E-state index contributed by atoms with van der Waals surface area (Å²) in [5, 5.41) is 0. The van der Waals surface area contributed by atoms with Crippen LogP contribution < -0.4 is 25.3 Å². The van der Waals surface area contributed by atoms with Crippen molar-refractivity contribution in [2.75, 3.05) is 13.2 Å². The number of thiazole rings is 1. The van der Waals surface area contributed by atoms with Gasteiger partial charge in [0.15, 0.2) is 23.1 Å². The first kappa shape index (κ1) is 19.9. The third-order valence-electron chi connectivity index (χ3n) is 4.87. The smallest absolute Gasteiger partial charge is 0.274 e. The molecule has 1 amide bonds. The van der Waals surface area contributed by atoms with Gasteiger partial charge in [-0.25, -0.2) is 9.38 Å². The first-order valence-electron chi connectivity index (χ1n) is 9.50. The Kier molecular flexibility index (Phi) is 5.17. The van der Waals surface area contributed by atoms with Gasteiger partial charge in [-0.3, -0.25) is 9.59 Å². The van der Waals surface area contributed by atoms with Crippen LogP contribution in [0.1, 0.15) is 23.6 Å². The number of imidazole rings is 1. The fourth-order valence-electron chi connectivity index (χ4n) is 3.27. The maximum absolute atomic E-state index is 13.1. The summed E-state index contributed by atoms with van der Waals surface area (Å²) in [4.78, 5) is 29.4. The van der Waals surface area contributed by atoms with Crippen LogP contribution in [-0.2, 0) is 4.79 Å². The van der Waals surface area contributed by atoms with E-state index in [2.05, 4.69) is 4.98 Å². The molecule has 7 nitrogen and oxygen atoms in total. The molecule has 2 aromatic carbocycles. The Bertz CT molecular complexity index is 1390. The predicted molar refractivity (Wildman–Crippen MR) is 117 cm³/mol. The van der Waals surface area contributed by atoms with Gasteiger partial charge < -0.3 is 15.2 Å². The number of aryl methyl sites for hydroxylation is 2. The lowest BCUT2D eigenvalue weighted by atomic mass is 10.1. The average Bonchev–Trinajstić information content (AvgIpc) is 3.21. The van der Waals surface area contributed by atoms with Gasteiger partial charge in [0.2, 0.25) is 0 Å². The maximum atomic E-state index is 13.1. The van der Waals surface area contributed by atoms with Gasteiger partial charge in [-0.1, -0.05) is 23.5 Å². The number of benzene rings is 2. The molecule has 8 heteroatoms. The normalized spacial score (nSPS) is 12.0. The zero-order valence-electron chi connectivity index (χ0n) is 16.9. The van der Waals surface area contributed by atoms with Crippen molar-refractivity contribution in [1.82, 2.24) is 9.38 Å². The largest absolute Gasteiger partial charge is 0.490 e. The van der Waals surface area contributed by atoms with Crippen LogP contribution in [0.4, 0.5) is 0 Å². The predicted octanol–water partition coefficient (Wildman–Crippen LogP) is 2.34. The molecule has 154 valence electrons. The number of primary amides is 1. The van der Waals surface area contributed by atoms with Crippen molar-refractivity contribution >= 4 is 39.3 Å². The lowest BCUT2D eigenvalue weighted by molar-refractivity contribution is -0.119. The third-order valence-corrected chi connectivity index (χ3v) is 5.84. The van der Waals surface area contributed by atoms with Crippen molar-refractivity contribution in [2.24, 2.45) is 5.73 Å². The number of hydrogen-bond donors (Lipinski definition) is 1. The van der Waals surface area contributed by atoms with Crippen LogP contribution in [0.5, 0.6) is 11.5 Å². The minimum atomic E-state index is -0.566. The molecule has 0 spiro atoms. The minimum Gasteiger partial charge on any atom is -0.490 e. The van der Waals surface area contributed by atoms with Gasteiger partial charge in [0.1, 0.15) is 0 Å². The number of rotatable bonds is 6. The highest BCUT2D eigenvalue weighted by Gasteiger charge is 2.14. The summed E-state index contributed by atoms with van der Waals surface area (Å²) in [6.45, 7) is 6.10. The number of carbonyl (C=O) groups is 1. The quantitative estimate of drug-likeness (QED) is 0.514. The number of hydrogen-bond acceptors (Lipinski definition) is 6. The molecule has 2 aromatic heterocycles. The number of nitrogens with two attached hydrogens (primary N) is 1. The Morgan fingerprint density at radius 3 is 2.73 bits per heavy atom. The number of nitrogens with zero attached hydrogens (tertiary/aromatic N) is 2. The summed E-state index contributed by atoms with van der Waals surface area (Å²) >= 11 is 1.35. The molecule has 0 saturated carbocycles. The molecule has 2 heterocycles. The van der Waals surface area contributed by atoms with Crippen LogP contribution in [-0.4, -0.2) is 28.5 Å². The van der Waals surface area contributed by atoms with Gasteiger partial charge in [0.05, 0.1) is 22.2 Å². The Labute approximate surface area is 176 Å². The van der Waals surface area contributed by atoms with E-state index in [1.165, 1.54) is 11.3 Å². The van der Waals surface area contributed by atoms with E-state index in [-0.39, 0.29) is 12.2 Å². The average molecular weight is 423 g/mol. The van der Waals surface area contributed by atoms with Crippen LogP contribution in [0, 0.1) is 13.8 Å². The SMILES string of the molecule is CCOc1cc(C=c2sc3nc4c(C)c(C)ccc4n3c2=O)ccc1OCC(N)=O. The van der Waals surface area contributed by atoms with E-state index in [1.54, 1.807) is 28.7 Å². The van der Waals surface area contributed by atoms with Crippen molar-refractivity contribution in [3.05, 3.63) is 61.9 Å². The standard InChI is InChI=1S/C22H21N3O4S/c1-4-28-17-9-14(6-8-16(17)29-11-19(23)26)10-18-21(27)25-15-7-5-12(2)13(3)20(15)24-22(25)30-18/h5-10H,4,11H2,1-3H3,(H2,23,26). The fraction of sp³-hybridized carbons (Fsp3) is 0.227. The van der Waals surface area contributed by atoms with E-state index < -0.39 is 5.91 Å². The minimum absolute atomic E-state index is 0.104. The van der Waals surface area contributed by atoms with Crippen LogP contribution in [0.3, 0.4) is 0 Å². The number of aromatic nitrogens is 2. The Balaban J connectivity index is 1.80. The first-order chi connectivity index (χ1) is 14.4. The van der Waals surface area contributed by atoms with Gasteiger partial charge in [-0.15, -0.1) is 0 Å². The Morgan fingerprint density at radius 1 is 1.20 bits per heavy atom. The Morgan fingerprint density at radius 2 is 2.00 bits per heavy atom. The number of ether oxygens (including phenoxy) is 2. The van der Waals surface area contributed by atoms with Gasteiger partial charge >= 0.3 is 0 Å². The second kappa shape index (κ2) is 7.79. The second-order valence-corrected chi connectivity index (χ2v) is 7.92. The Hall–Kier alpha value is -3.39. The summed E-state index contributed by atoms with van der Waals surface area (Å²) in [5.74, 6) is 0.342. The van der Waals surface area contributed by atoms with Crippen LogP contribution in [0.15, 0.2) is 35.1 Å². The van der Waals surface area contributed by atoms with Crippen LogP contribution >= 0.6 is 11.3 Å². The molecule has 0 aliphatic rings. The molecule has 4 aromatic rings. The lowest BCUT2D eigenvalue weighted by Crippen LogP contribution is -2.22. The number of amides is 1. The molecule has 30 heavy (non-hydrogen) atoms. The molecule has 4 rings (SSSR count). The topological polar surface area (TPSA) is 95.9 Å². The summed E-state index contributed by atoms with van der Waals surface area (Å²) in [6.07, 6.45) is 1.80. The lowest BCUT2D eigenvalue weighted by Gasteiger charge is -2.11.